The van der Waals surface area contributed by atoms with Gasteiger partial charge in [0.25, 0.3) is 0 Å². The number of aryl methyl sites for hydroxylation is 1. The predicted molar refractivity (Wildman–Crippen MR) is 85.1 cm³/mol. The summed E-state index contributed by atoms with van der Waals surface area (Å²) >= 11 is 0. The van der Waals surface area contributed by atoms with E-state index in [0.717, 1.165) is 5.92 Å². The van der Waals surface area contributed by atoms with Crippen LogP contribution in [-0.4, -0.2) is 8.07 Å². The lowest BCUT2D eigenvalue weighted by Crippen LogP contribution is -2.58. The van der Waals surface area contributed by atoms with Crippen LogP contribution in [0.5, 0.6) is 0 Å². The minimum Gasteiger partial charge on any atom is -0.0652 e. The van der Waals surface area contributed by atoms with Crippen molar-refractivity contribution >= 4 is 13.3 Å². The molecule has 0 saturated heterocycles. The number of rotatable bonds is 1. The number of hydrogen-bond donors (Lipinski definition) is 0. The molecule has 4 rings (SSSR count). The normalized spacial score (nSPS) is 24.7. The lowest BCUT2D eigenvalue weighted by molar-refractivity contribution is 0.444. The average molecular weight is 270 g/mol. The molecule has 0 amide bonds. The first-order valence-electron chi connectivity index (χ1n) is 8.35. The second-order valence-corrected chi connectivity index (χ2v) is 12.3. The molecule has 19 heavy (non-hydrogen) atoms. The predicted octanol–water partition coefficient (Wildman–Crippen LogP) is 4.23. The van der Waals surface area contributed by atoms with E-state index in [1.54, 1.807) is 11.1 Å². The molecule has 1 aliphatic heterocycles. The van der Waals surface area contributed by atoms with Crippen molar-refractivity contribution in [1.82, 2.24) is 0 Å². The first-order valence-corrected chi connectivity index (χ1v) is 11.6. The van der Waals surface area contributed by atoms with Gasteiger partial charge < -0.3 is 0 Å². The van der Waals surface area contributed by atoms with Gasteiger partial charge in [-0.15, -0.1) is 0 Å². The van der Waals surface area contributed by atoms with Crippen LogP contribution in [0.3, 0.4) is 0 Å². The molecule has 2 aliphatic carbocycles. The molecular weight excluding hydrogens is 244 g/mol. The van der Waals surface area contributed by atoms with E-state index in [9.17, 15) is 0 Å². The third-order valence-electron chi connectivity index (χ3n) is 5.89. The Morgan fingerprint density at radius 3 is 2.47 bits per heavy atom. The molecule has 1 fully saturated rings. The van der Waals surface area contributed by atoms with Gasteiger partial charge in [-0.05, 0) is 66.3 Å². The molecule has 0 spiro atoms. The molecule has 1 saturated carbocycles. The third-order valence-corrected chi connectivity index (χ3v) is 9.07. The highest BCUT2D eigenvalue weighted by Gasteiger charge is 2.42. The lowest BCUT2D eigenvalue weighted by atomic mass is 9.82. The van der Waals surface area contributed by atoms with Crippen LogP contribution in [0.4, 0.5) is 0 Å². The molecule has 1 heteroatoms. The van der Waals surface area contributed by atoms with Crippen LogP contribution < -0.4 is 5.19 Å². The van der Waals surface area contributed by atoms with Gasteiger partial charge in [-0.1, -0.05) is 43.6 Å². The molecule has 1 aromatic rings. The van der Waals surface area contributed by atoms with E-state index in [2.05, 4.69) is 19.2 Å². The molecule has 102 valence electrons. The number of hydrogen-bond acceptors (Lipinski definition) is 0. The first kappa shape index (κ1) is 12.2. The van der Waals surface area contributed by atoms with E-state index in [1.807, 2.05) is 16.3 Å². The van der Waals surface area contributed by atoms with E-state index in [0.29, 0.717) is 0 Å². The SMILES string of the molecule is C[Si]1(C)Cc2c3c(cc(C4CCCCC4)c21)CCC3. The Bertz CT molecular complexity index is 521. The van der Waals surface area contributed by atoms with E-state index in [4.69, 9.17) is 0 Å². The average Bonchev–Trinajstić information content (AvgIpc) is 2.85. The first-order chi connectivity index (χ1) is 9.17. The van der Waals surface area contributed by atoms with Gasteiger partial charge in [-0.3, -0.25) is 0 Å². The Kier molecular flexibility index (Phi) is 2.71. The number of benzene rings is 1. The van der Waals surface area contributed by atoms with Crippen molar-refractivity contribution in [3.63, 3.8) is 0 Å². The number of fused-ring (bicyclic) bond motifs is 3. The summed E-state index contributed by atoms with van der Waals surface area (Å²) in [6.07, 6.45) is 11.5. The van der Waals surface area contributed by atoms with Crippen molar-refractivity contribution in [3.05, 3.63) is 28.3 Å². The molecule has 0 N–H and O–H groups in total. The highest BCUT2D eigenvalue weighted by Crippen LogP contribution is 2.40. The molecule has 0 unspecified atom stereocenters. The molecule has 0 aromatic heterocycles. The largest absolute Gasteiger partial charge is 0.0856 e. The fraction of sp³-hybridized carbons (Fsp3) is 0.667. The van der Waals surface area contributed by atoms with Crippen LogP contribution in [-0.2, 0) is 18.9 Å². The van der Waals surface area contributed by atoms with Crippen molar-refractivity contribution in [2.45, 2.75) is 76.4 Å². The van der Waals surface area contributed by atoms with Crippen LogP contribution in [0.2, 0.25) is 13.1 Å². The zero-order valence-corrected chi connectivity index (χ0v) is 13.5. The summed E-state index contributed by atoms with van der Waals surface area (Å²) in [5.74, 6) is 0.917. The van der Waals surface area contributed by atoms with Crippen molar-refractivity contribution in [1.29, 1.82) is 0 Å². The maximum absolute atomic E-state index is 2.67. The minimum atomic E-state index is -1.04. The Labute approximate surface area is 118 Å². The van der Waals surface area contributed by atoms with Crippen LogP contribution in [0.25, 0.3) is 0 Å². The molecule has 0 nitrogen and oxygen atoms in total. The summed E-state index contributed by atoms with van der Waals surface area (Å²) in [4.78, 5) is 0. The van der Waals surface area contributed by atoms with Crippen LogP contribution in [0, 0.1) is 0 Å². The van der Waals surface area contributed by atoms with Crippen LogP contribution >= 0.6 is 0 Å². The van der Waals surface area contributed by atoms with Gasteiger partial charge in [0.2, 0.25) is 0 Å². The highest BCUT2D eigenvalue weighted by molar-refractivity contribution is 6.93. The summed E-state index contributed by atoms with van der Waals surface area (Å²) in [5, 5.41) is 1.92. The van der Waals surface area contributed by atoms with Crippen molar-refractivity contribution in [2.75, 3.05) is 0 Å². The lowest BCUT2D eigenvalue weighted by Gasteiger charge is -2.42. The van der Waals surface area contributed by atoms with E-state index in [-0.39, 0.29) is 0 Å². The van der Waals surface area contributed by atoms with Gasteiger partial charge in [-0.25, -0.2) is 0 Å². The Morgan fingerprint density at radius 2 is 1.74 bits per heavy atom. The molecule has 0 bridgehead atoms. The fourth-order valence-electron chi connectivity index (χ4n) is 5.01. The molecule has 0 atom stereocenters. The zero-order valence-electron chi connectivity index (χ0n) is 12.5. The fourth-order valence-corrected chi connectivity index (χ4v) is 8.27. The Hall–Kier alpha value is -0.563. The van der Waals surface area contributed by atoms with Gasteiger partial charge in [0.05, 0.1) is 8.07 Å². The Morgan fingerprint density at radius 1 is 0.947 bits per heavy atom. The second kappa shape index (κ2) is 4.21. The topological polar surface area (TPSA) is 0 Å². The summed E-state index contributed by atoms with van der Waals surface area (Å²) in [6, 6.07) is 4.15. The molecular formula is C18H26Si. The summed E-state index contributed by atoms with van der Waals surface area (Å²) in [5.41, 5.74) is 7.20. The van der Waals surface area contributed by atoms with Crippen molar-refractivity contribution < 1.29 is 0 Å². The summed E-state index contributed by atoms with van der Waals surface area (Å²) < 4.78 is 0. The maximum Gasteiger partial charge on any atom is 0.0856 e. The van der Waals surface area contributed by atoms with E-state index >= 15 is 0 Å². The van der Waals surface area contributed by atoms with Crippen LogP contribution in [0.1, 0.15) is 66.7 Å². The molecule has 1 aromatic carbocycles. The molecule has 1 heterocycles. The standard InChI is InChI=1S/C18H26Si/c1-19(2)12-17-15-10-6-9-14(15)11-16(18(17)19)13-7-4-3-5-8-13/h11,13H,3-10,12H2,1-2H3. The van der Waals surface area contributed by atoms with Crippen molar-refractivity contribution in [3.8, 4) is 0 Å². The third kappa shape index (κ3) is 1.77. The van der Waals surface area contributed by atoms with Gasteiger partial charge in [0.15, 0.2) is 0 Å². The van der Waals surface area contributed by atoms with Gasteiger partial charge in [0.1, 0.15) is 0 Å². The summed E-state index contributed by atoms with van der Waals surface area (Å²) in [6.45, 7) is 5.20. The van der Waals surface area contributed by atoms with E-state index in [1.165, 1.54) is 57.4 Å². The van der Waals surface area contributed by atoms with Crippen molar-refractivity contribution in [2.24, 2.45) is 0 Å². The van der Waals surface area contributed by atoms with Gasteiger partial charge >= 0.3 is 0 Å². The van der Waals surface area contributed by atoms with Gasteiger partial charge in [-0.2, -0.15) is 0 Å². The molecule has 3 aliphatic rings. The quantitative estimate of drug-likeness (QED) is 0.670. The minimum absolute atomic E-state index is 0.917. The van der Waals surface area contributed by atoms with E-state index < -0.39 is 8.07 Å². The monoisotopic (exact) mass is 270 g/mol. The molecule has 0 radical (unpaired) electrons. The summed E-state index contributed by atoms with van der Waals surface area (Å²) in [7, 11) is -1.04. The second-order valence-electron chi connectivity index (χ2n) is 7.71. The maximum atomic E-state index is 2.67. The Balaban J connectivity index is 1.84. The van der Waals surface area contributed by atoms with Gasteiger partial charge in [0, 0.05) is 0 Å². The van der Waals surface area contributed by atoms with Crippen LogP contribution in [0.15, 0.2) is 6.07 Å². The smallest absolute Gasteiger partial charge is 0.0652 e. The zero-order chi connectivity index (χ0) is 13.0. The highest BCUT2D eigenvalue weighted by atomic mass is 28.3.